The van der Waals surface area contributed by atoms with Gasteiger partial charge in [0.05, 0.1) is 6.10 Å². The molecule has 1 radical (unpaired) electrons. The number of rotatable bonds is 1. The SMILES string of the molecule is CC1CC1O[NH]. The van der Waals surface area contributed by atoms with E-state index in [0.717, 1.165) is 6.42 Å². The van der Waals surface area contributed by atoms with Crippen LogP contribution in [0.5, 0.6) is 0 Å². The molecule has 0 aliphatic heterocycles. The van der Waals surface area contributed by atoms with E-state index in [1.165, 1.54) is 0 Å². The summed E-state index contributed by atoms with van der Waals surface area (Å²) in [6.45, 7) is 2.08. The van der Waals surface area contributed by atoms with Crippen molar-refractivity contribution in [2.75, 3.05) is 0 Å². The Morgan fingerprint density at radius 3 is 2.33 bits per heavy atom. The average molecular weight is 86.1 g/mol. The van der Waals surface area contributed by atoms with Crippen molar-refractivity contribution in [3.8, 4) is 0 Å². The summed E-state index contributed by atoms with van der Waals surface area (Å²) in [5.41, 5.74) is 0. The summed E-state index contributed by atoms with van der Waals surface area (Å²) in [6, 6.07) is 0. The van der Waals surface area contributed by atoms with Crippen LogP contribution in [0.15, 0.2) is 0 Å². The topological polar surface area (TPSA) is 33.0 Å². The fraction of sp³-hybridized carbons (Fsp3) is 1.00. The van der Waals surface area contributed by atoms with E-state index in [4.69, 9.17) is 5.90 Å². The van der Waals surface area contributed by atoms with E-state index in [0.29, 0.717) is 5.92 Å². The van der Waals surface area contributed by atoms with E-state index in [1.54, 1.807) is 0 Å². The molecule has 2 atom stereocenters. The molecule has 1 aliphatic rings. The second-order valence-electron chi connectivity index (χ2n) is 1.87. The average Bonchev–Trinajstić information content (AvgIpc) is 2.19. The zero-order chi connectivity index (χ0) is 4.57. The van der Waals surface area contributed by atoms with Crippen LogP contribution >= 0.6 is 0 Å². The van der Waals surface area contributed by atoms with Crippen LogP contribution in [0.2, 0.25) is 0 Å². The lowest BCUT2D eigenvalue weighted by Crippen LogP contribution is -1.89. The lowest BCUT2D eigenvalue weighted by molar-refractivity contribution is 0.0942. The van der Waals surface area contributed by atoms with Gasteiger partial charge < -0.3 is 0 Å². The monoisotopic (exact) mass is 86.1 g/mol. The van der Waals surface area contributed by atoms with Crippen molar-refractivity contribution in [3.63, 3.8) is 0 Å². The Balaban J connectivity index is 2.09. The maximum atomic E-state index is 6.35. The van der Waals surface area contributed by atoms with Crippen LogP contribution in [-0.2, 0) is 4.84 Å². The molecule has 0 bridgehead atoms. The Labute approximate surface area is 37.2 Å². The van der Waals surface area contributed by atoms with Crippen molar-refractivity contribution < 1.29 is 4.84 Å². The predicted molar refractivity (Wildman–Crippen MR) is 21.8 cm³/mol. The molecule has 2 heteroatoms. The molecule has 1 fully saturated rings. The van der Waals surface area contributed by atoms with Gasteiger partial charge in [-0.05, 0) is 12.3 Å². The van der Waals surface area contributed by atoms with E-state index < -0.39 is 0 Å². The third-order valence-corrected chi connectivity index (χ3v) is 1.19. The molecule has 0 aromatic heterocycles. The van der Waals surface area contributed by atoms with E-state index in [9.17, 15) is 0 Å². The molecule has 1 rings (SSSR count). The highest BCUT2D eigenvalue weighted by Crippen LogP contribution is 2.31. The summed E-state index contributed by atoms with van der Waals surface area (Å²) in [6.07, 6.45) is 1.36. The van der Waals surface area contributed by atoms with Crippen LogP contribution in [0.3, 0.4) is 0 Å². The Morgan fingerprint density at radius 1 is 1.83 bits per heavy atom. The normalized spacial score (nSPS) is 43.0. The molecule has 0 amide bonds. The van der Waals surface area contributed by atoms with Crippen molar-refractivity contribution >= 4 is 0 Å². The van der Waals surface area contributed by atoms with Gasteiger partial charge in [-0.15, -0.1) is 5.90 Å². The molecule has 1 aliphatic carbocycles. The first kappa shape index (κ1) is 4.09. The highest BCUT2D eigenvalue weighted by atomic mass is 16.6. The first-order chi connectivity index (χ1) is 2.84. The Hall–Kier alpha value is -0.0800. The fourth-order valence-electron chi connectivity index (χ4n) is 0.452. The molecular weight excluding hydrogens is 78.0 g/mol. The second kappa shape index (κ2) is 1.21. The van der Waals surface area contributed by atoms with Crippen LogP contribution in [0.25, 0.3) is 0 Å². The zero-order valence-corrected chi connectivity index (χ0v) is 3.77. The third-order valence-electron chi connectivity index (χ3n) is 1.19. The number of hydrogen-bond donors (Lipinski definition) is 0. The summed E-state index contributed by atoms with van der Waals surface area (Å²) in [5, 5.41) is 0. The summed E-state index contributed by atoms with van der Waals surface area (Å²) in [5.74, 6) is 7.01. The highest BCUT2D eigenvalue weighted by molar-refractivity contribution is 4.82. The number of nitrogens with one attached hydrogen (secondary N) is 1. The molecule has 1 N–H and O–H groups in total. The molecule has 0 spiro atoms. The molecule has 2 nitrogen and oxygen atoms in total. The maximum absolute atomic E-state index is 6.35. The van der Waals surface area contributed by atoms with Gasteiger partial charge in [-0.2, -0.15) is 0 Å². The van der Waals surface area contributed by atoms with Crippen molar-refractivity contribution in [3.05, 3.63) is 0 Å². The summed E-state index contributed by atoms with van der Waals surface area (Å²) >= 11 is 0. The zero-order valence-electron chi connectivity index (χ0n) is 3.77. The van der Waals surface area contributed by atoms with Gasteiger partial charge in [0.25, 0.3) is 0 Å². The molecule has 35 valence electrons. The van der Waals surface area contributed by atoms with Crippen LogP contribution < -0.4 is 5.90 Å². The summed E-state index contributed by atoms with van der Waals surface area (Å²) < 4.78 is 0. The minimum Gasteiger partial charge on any atom is -0.281 e. The van der Waals surface area contributed by atoms with Gasteiger partial charge in [0.2, 0.25) is 0 Å². The van der Waals surface area contributed by atoms with Gasteiger partial charge in [-0.1, -0.05) is 6.92 Å². The molecule has 1 saturated carbocycles. The number of hydrogen-bond acceptors (Lipinski definition) is 1. The predicted octanol–water partition coefficient (Wildman–Crippen LogP) is 0.609. The summed E-state index contributed by atoms with van der Waals surface area (Å²) in [7, 11) is 0. The van der Waals surface area contributed by atoms with Gasteiger partial charge >= 0.3 is 0 Å². The molecule has 0 saturated heterocycles. The van der Waals surface area contributed by atoms with E-state index >= 15 is 0 Å². The molecule has 2 unspecified atom stereocenters. The van der Waals surface area contributed by atoms with Gasteiger partial charge in [-0.25, -0.2) is 0 Å². The van der Waals surface area contributed by atoms with Crippen molar-refractivity contribution in [1.29, 1.82) is 0 Å². The van der Waals surface area contributed by atoms with Gasteiger partial charge in [0.15, 0.2) is 0 Å². The second-order valence-corrected chi connectivity index (χ2v) is 1.87. The third kappa shape index (κ3) is 0.533. The Morgan fingerprint density at radius 2 is 2.33 bits per heavy atom. The lowest BCUT2D eigenvalue weighted by atomic mass is 10.5. The van der Waals surface area contributed by atoms with Gasteiger partial charge in [0, 0.05) is 0 Å². The lowest BCUT2D eigenvalue weighted by Gasteiger charge is -1.82. The van der Waals surface area contributed by atoms with Crippen molar-refractivity contribution in [2.24, 2.45) is 5.92 Å². The first-order valence-corrected chi connectivity index (χ1v) is 2.17. The highest BCUT2D eigenvalue weighted by Gasteiger charge is 2.33. The van der Waals surface area contributed by atoms with Gasteiger partial charge in [-0.3, -0.25) is 4.84 Å². The van der Waals surface area contributed by atoms with Crippen molar-refractivity contribution in [1.82, 2.24) is 5.90 Å². The van der Waals surface area contributed by atoms with Crippen LogP contribution in [0.4, 0.5) is 0 Å². The maximum Gasteiger partial charge on any atom is 0.0837 e. The molecule has 0 aromatic carbocycles. The van der Waals surface area contributed by atoms with Gasteiger partial charge in [0.1, 0.15) is 0 Å². The largest absolute Gasteiger partial charge is 0.281 e. The van der Waals surface area contributed by atoms with Crippen LogP contribution in [0, 0.1) is 5.92 Å². The fourth-order valence-corrected chi connectivity index (χ4v) is 0.452. The van der Waals surface area contributed by atoms with Crippen LogP contribution in [-0.4, -0.2) is 6.10 Å². The van der Waals surface area contributed by atoms with Crippen LogP contribution in [0.1, 0.15) is 13.3 Å². The standard InChI is InChI=1S/C4H8NO/c1-3-2-4(3)6-5/h3-5H,2H2,1H3. The minimum atomic E-state index is 0.269. The quantitative estimate of drug-likeness (QED) is 0.430. The van der Waals surface area contributed by atoms with E-state index in [-0.39, 0.29) is 6.10 Å². The first-order valence-electron chi connectivity index (χ1n) is 2.17. The molecular formula is C4H8NO. The smallest absolute Gasteiger partial charge is 0.0837 e. The van der Waals surface area contributed by atoms with Crippen molar-refractivity contribution in [2.45, 2.75) is 19.4 Å². The Kier molecular flexibility index (Phi) is 0.821. The molecule has 0 aromatic rings. The Bertz CT molecular complexity index is 53.5. The van der Waals surface area contributed by atoms with E-state index in [1.807, 2.05) is 0 Å². The van der Waals surface area contributed by atoms with E-state index in [2.05, 4.69) is 11.8 Å². The minimum absolute atomic E-state index is 0.269. The summed E-state index contributed by atoms with van der Waals surface area (Å²) in [4.78, 5) is 4.22. The molecule has 0 heterocycles. The molecule has 6 heavy (non-hydrogen) atoms.